The van der Waals surface area contributed by atoms with Crippen LogP contribution in [0.1, 0.15) is 37.0 Å². The molecule has 0 fully saturated rings. The van der Waals surface area contributed by atoms with Crippen molar-refractivity contribution in [3.63, 3.8) is 0 Å². The van der Waals surface area contributed by atoms with Crippen LogP contribution in [0.4, 0.5) is 0 Å². The zero-order valence-corrected chi connectivity index (χ0v) is 21.0. The molecule has 0 saturated heterocycles. The highest BCUT2D eigenvalue weighted by Crippen LogP contribution is 2.22. The van der Waals surface area contributed by atoms with Gasteiger partial charge in [0.15, 0.2) is 0 Å². The van der Waals surface area contributed by atoms with Crippen LogP contribution in [0.2, 0.25) is 10.0 Å². The van der Waals surface area contributed by atoms with Gasteiger partial charge in [0.1, 0.15) is 6.04 Å². The first kappa shape index (κ1) is 25.8. The summed E-state index contributed by atoms with van der Waals surface area (Å²) in [5.41, 5.74) is 2.61. The monoisotopic (exact) mass is 496 g/mol. The second kappa shape index (κ2) is 12.6. The molecule has 3 aromatic rings. The highest BCUT2D eigenvalue weighted by atomic mass is 35.5. The third-order valence-corrected chi connectivity index (χ3v) is 6.46. The number of rotatable bonds is 10. The van der Waals surface area contributed by atoms with Gasteiger partial charge in [-0.1, -0.05) is 90.8 Å². The number of nitrogens with one attached hydrogen (secondary N) is 1. The fraction of sp³-hybridized carbons (Fsp3) is 0.286. The number of halogens is 2. The Bertz CT molecular complexity index is 1090. The van der Waals surface area contributed by atoms with Gasteiger partial charge in [-0.05, 0) is 48.2 Å². The lowest BCUT2D eigenvalue weighted by atomic mass is 10.0. The van der Waals surface area contributed by atoms with Crippen molar-refractivity contribution < 1.29 is 9.59 Å². The molecule has 0 heterocycles. The number of hydrogen-bond acceptors (Lipinski definition) is 2. The van der Waals surface area contributed by atoms with E-state index < -0.39 is 6.04 Å². The van der Waals surface area contributed by atoms with Gasteiger partial charge >= 0.3 is 0 Å². The molecular formula is C28H30Cl2N2O2. The van der Waals surface area contributed by atoms with E-state index >= 15 is 0 Å². The fourth-order valence-corrected chi connectivity index (χ4v) is 4.01. The molecule has 34 heavy (non-hydrogen) atoms. The summed E-state index contributed by atoms with van der Waals surface area (Å²) >= 11 is 12.5. The van der Waals surface area contributed by atoms with Gasteiger partial charge in [0.05, 0.1) is 6.42 Å². The van der Waals surface area contributed by atoms with Crippen molar-refractivity contribution in [3.8, 4) is 0 Å². The summed E-state index contributed by atoms with van der Waals surface area (Å²) < 4.78 is 0. The van der Waals surface area contributed by atoms with Gasteiger partial charge in [-0.15, -0.1) is 0 Å². The molecule has 4 nitrogen and oxygen atoms in total. The number of carbonyl (C=O) groups is 2. The number of carbonyl (C=O) groups excluding carboxylic acids is 2. The molecule has 3 rings (SSSR count). The lowest BCUT2D eigenvalue weighted by Gasteiger charge is -2.32. The Balaban J connectivity index is 1.97. The Morgan fingerprint density at radius 1 is 0.882 bits per heavy atom. The van der Waals surface area contributed by atoms with Crippen LogP contribution in [0.5, 0.6) is 0 Å². The van der Waals surface area contributed by atoms with E-state index in [9.17, 15) is 9.59 Å². The zero-order valence-electron chi connectivity index (χ0n) is 19.5. The van der Waals surface area contributed by atoms with Gasteiger partial charge in [0.25, 0.3) is 0 Å². The normalized spacial score (nSPS) is 12.6. The van der Waals surface area contributed by atoms with Crippen LogP contribution < -0.4 is 5.32 Å². The molecule has 0 spiro atoms. The van der Waals surface area contributed by atoms with E-state index in [4.69, 9.17) is 23.2 Å². The van der Waals surface area contributed by atoms with E-state index in [0.29, 0.717) is 16.5 Å². The SMILES string of the molecule is CCC(C)NC(=O)C(Cc1ccccc1)N(Cc1ccccc1Cl)C(=O)Cc1ccc(Cl)cc1. The van der Waals surface area contributed by atoms with Crippen LogP contribution >= 0.6 is 23.2 Å². The molecule has 6 heteroatoms. The van der Waals surface area contributed by atoms with Crippen molar-refractivity contribution in [1.29, 1.82) is 0 Å². The van der Waals surface area contributed by atoms with Crippen LogP contribution in [0.3, 0.4) is 0 Å². The molecule has 0 radical (unpaired) electrons. The van der Waals surface area contributed by atoms with Crippen molar-refractivity contribution >= 4 is 35.0 Å². The Hall–Kier alpha value is -2.82. The van der Waals surface area contributed by atoms with E-state index in [1.54, 1.807) is 23.1 Å². The van der Waals surface area contributed by atoms with Gasteiger partial charge in [-0.3, -0.25) is 9.59 Å². The van der Waals surface area contributed by atoms with Crippen molar-refractivity contribution in [1.82, 2.24) is 10.2 Å². The largest absolute Gasteiger partial charge is 0.352 e. The maximum Gasteiger partial charge on any atom is 0.243 e. The number of amides is 2. The molecule has 0 bridgehead atoms. The van der Waals surface area contributed by atoms with E-state index in [1.165, 1.54) is 0 Å². The molecule has 0 aliphatic carbocycles. The molecular weight excluding hydrogens is 467 g/mol. The van der Waals surface area contributed by atoms with Gasteiger partial charge < -0.3 is 10.2 Å². The first-order valence-electron chi connectivity index (χ1n) is 11.5. The number of nitrogens with zero attached hydrogens (tertiary/aromatic N) is 1. The molecule has 2 amide bonds. The minimum absolute atomic E-state index is 0.000645. The Morgan fingerprint density at radius 3 is 2.18 bits per heavy atom. The van der Waals surface area contributed by atoms with Crippen LogP contribution in [0, 0.1) is 0 Å². The molecule has 178 valence electrons. The van der Waals surface area contributed by atoms with Crippen molar-refractivity contribution in [3.05, 3.63) is 106 Å². The summed E-state index contributed by atoms with van der Waals surface area (Å²) in [4.78, 5) is 28.8. The minimum Gasteiger partial charge on any atom is -0.352 e. The standard InChI is InChI=1S/C28H30Cl2N2O2/c1-3-20(2)31-28(34)26(17-21-9-5-4-6-10-21)32(19-23-11-7-8-12-25(23)30)27(33)18-22-13-15-24(29)16-14-22/h4-16,20,26H,3,17-19H2,1-2H3,(H,31,34). The minimum atomic E-state index is -0.688. The third kappa shape index (κ3) is 7.34. The predicted octanol–water partition coefficient (Wildman–Crippen LogP) is 6.09. The lowest BCUT2D eigenvalue weighted by Crippen LogP contribution is -2.52. The fourth-order valence-electron chi connectivity index (χ4n) is 3.68. The van der Waals surface area contributed by atoms with Crippen molar-refractivity contribution in [2.24, 2.45) is 0 Å². The highest BCUT2D eigenvalue weighted by molar-refractivity contribution is 6.31. The van der Waals surface area contributed by atoms with Crippen LogP contribution in [-0.2, 0) is 29.0 Å². The summed E-state index contributed by atoms with van der Waals surface area (Å²) in [7, 11) is 0. The molecule has 2 unspecified atom stereocenters. The van der Waals surface area contributed by atoms with Gasteiger partial charge in [0.2, 0.25) is 11.8 Å². The quantitative estimate of drug-likeness (QED) is 0.369. The van der Waals surface area contributed by atoms with E-state index in [0.717, 1.165) is 23.1 Å². The first-order chi connectivity index (χ1) is 16.4. The van der Waals surface area contributed by atoms with Crippen LogP contribution in [0.25, 0.3) is 0 Å². The average Bonchev–Trinajstić information content (AvgIpc) is 2.84. The second-order valence-corrected chi connectivity index (χ2v) is 9.28. The van der Waals surface area contributed by atoms with E-state index in [1.807, 2.05) is 74.5 Å². The first-order valence-corrected chi connectivity index (χ1v) is 12.2. The van der Waals surface area contributed by atoms with E-state index in [-0.39, 0.29) is 30.8 Å². The van der Waals surface area contributed by atoms with Crippen LogP contribution in [0.15, 0.2) is 78.9 Å². The van der Waals surface area contributed by atoms with Crippen molar-refractivity contribution in [2.45, 2.75) is 51.7 Å². The number of benzene rings is 3. The van der Waals surface area contributed by atoms with Gasteiger partial charge in [-0.25, -0.2) is 0 Å². The smallest absolute Gasteiger partial charge is 0.243 e. The maximum absolute atomic E-state index is 13.7. The molecule has 0 aliphatic rings. The predicted molar refractivity (Wildman–Crippen MR) is 139 cm³/mol. The average molecular weight is 497 g/mol. The molecule has 2 atom stereocenters. The molecule has 1 N–H and O–H groups in total. The van der Waals surface area contributed by atoms with Crippen molar-refractivity contribution in [2.75, 3.05) is 0 Å². The third-order valence-electron chi connectivity index (χ3n) is 5.84. The maximum atomic E-state index is 13.7. The Kier molecular flexibility index (Phi) is 9.55. The Labute approximate surface area is 211 Å². The number of hydrogen-bond donors (Lipinski definition) is 1. The molecule has 3 aromatic carbocycles. The summed E-state index contributed by atoms with van der Waals surface area (Å²) in [6, 6.07) is 23.7. The summed E-state index contributed by atoms with van der Waals surface area (Å²) in [6.07, 6.45) is 1.36. The van der Waals surface area contributed by atoms with Crippen LogP contribution in [-0.4, -0.2) is 28.8 Å². The lowest BCUT2D eigenvalue weighted by molar-refractivity contribution is -0.141. The van der Waals surface area contributed by atoms with E-state index in [2.05, 4.69) is 5.32 Å². The zero-order chi connectivity index (χ0) is 24.5. The van der Waals surface area contributed by atoms with Gasteiger partial charge in [-0.2, -0.15) is 0 Å². The second-order valence-electron chi connectivity index (χ2n) is 8.44. The molecule has 0 aliphatic heterocycles. The summed E-state index contributed by atoms with van der Waals surface area (Å²) in [5.74, 6) is -0.322. The summed E-state index contributed by atoms with van der Waals surface area (Å²) in [5, 5.41) is 4.25. The highest BCUT2D eigenvalue weighted by Gasteiger charge is 2.31. The van der Waals surface area contributed by atoms with Gasteiger partial charge in [0, 0.05) is 29.1 Å². The summed E-state index contributed by atoms with van der Waals surface area (Å²) in [6.45, 7) is 4.22. The Morgan fingerprint density at radius 2 is 1.53 bits per heavy atom. The topological polar surface area (TPSA) is 49.4 Å². The molecule has 0 aromatic heterocycles. The molecule has 0 saturated carbocycles.